The Morgan fingerprint density at radius 3 is 2.60 bits per heavy atom. The van der Waals surface area contributed by atoms with Gasteiger partial charge < -0.3 is 5.32 Å². The van der Waals surface area contributed by atoms with Crippen molar-refractivity contribution in [3.05, 3.63) is 62.1 Å². The second kappa shape index (κ2) is 7.06. The lowest BCUT2D eigenvalue weighted by Gasteiger charge is -2.13. The number of nitrogens with zero attached hydrogens (tertiary/aromatic N) is 2. The van der Waals surface area contributed by atoms with Crippen LogP contribution in [0.1, 0.15) is 19.4 Å². The Bertz CT molecular complexity index is 1050. The highest BCUT2D eigenvalue weighted by molar-refractivity contribution is 7.17. The molecule has 1 aromatic carbocycles. The number of rotatable bonds is 5. The average molecular weight is 357 g/mol. The topological polar surface area (TPSA) is 73.1 Å². The number of anilines is 1. The fourth-order valence-corrected chi connectivity index (χ4v) is 3.69. The Labute approximate surface area is 148 Å². The molecule has 25 heavy (non-hydrogen) atoms. The maximum Gasteiger partial charge on any atom is 0.331 e. The monoisotopic (exact) mass is 357 g/mol. The van der Waals surface area contributed by atoms with Gasteiger partial charge in [0.1, 0.15) is 11.2 Å². The lowest BCUT2D eigenvalue weighted by molar-refractivity contribution is -0.116. The van der Waals surface area contributed by atoms with E-state index in [0.29, 0.717) is 10.2 Å². The summed E-state index contributed by atoms with van der Waals surface area (Å²) >= 11 is 1.28. The third-order valence-corrected chi connectivity index (χ3v) is 5.02. The molecule has 7 heteroatoms. The van der Waals surface area contributed by atoms with Gasteiger partial charge in [-0.3, -0.25) is 18.7 Å². The van der Waals surface area contributed by atoms with Crippen LogP contribution in [-0.2, 0) is 24.3 Å². The summed E-state index contributed by atoms with van der Waals surface area (Å²) in [7, 11) is 0. The first-order valence-electron chi connectivity index (χ1n) is 8.15. The SMILES string of the molecule is CCc1ccccc1NC(=O)Cn1c(=O)n(CC)c(=O)c2sccc21. The lowest BCUT2D eigenvalue weighted by Crippen LogP contribution is -2.40. The number of hydrogen-bond acceptors (Lipinski definition) is 4. The van der Waals surface area contributed by atoms with Crippen LogP contribution in [0.5, 0.6) is 0 Å². The molecule has 0 unspecified atom stereocenters. The molecule has 3 rings (SSSR count). The van der Waals surface area contributed by atoms with Gasteiger partial charge in [0.15, 0.2) is 0 Å². The van der Waals surface area contributed by atoms with E-state index in [2.05, 4.69) is 5.32 Å². The normalized spacial score (nSPS) is 11.0. The van der Waals surface area contributed by atoms with E-state index in [1.807, 2.05) is 31.2 Å². The third kappa shape index (κ3) is 3.15. The van der Waals surface area contributed by atoms with E-state index in [-0.39, 0.29) is 24.6 Å². The van der Waals surface area contributed by atoms with Crippen LogP contribution in [0.4, 0.5) is 5.69 Å². The number of para-hydroxylation sites is 1. The molecule has 0 aliphatic carbocycles. The van der Waals surface area contributed by atoms with Crippen molar-refractivity contribution in [1.82, 2.24) is 9.13 Å². The summed E-state index contributed by atoms with van der Waals surface area (Å²) in [5.74, 6) is -0.295. The van der Waals surface area contributed by atoms with Gasteiger partial charge in [-0.25, -0.2) is 4.79 Å². The predicted octanol–water partition coefficient (Wildman–Crippen LogP) is 2.45. The predicted molar refractivity (Wildman–Crippen MR) is 100 cm³/mol. The quantitative estimate of drug-likeness (QED) is 0.762. The number of nitrogens with one attached hydrogen (secondary N) is 1. The maximum atomic E-state index is 12.6. The zero-order chi connectivity index (χ0) is 18.0. The Hall–Kier alpha value is -2.67. The number of carbonyl (C=O) groups is 1. The van der Waals surface area contributed by atoms with Gasteiger partial charge in [0.2, 0.25) is 5.91 Å². The summed E-state index contributed by atoms with van der Waals surface area (Å²) in [6, 6.07) is 9.28. The van der Waals surface area contributed by atoms with Crippen molar-refractivity contribution >= 4 is 33.1 Å². The van der Waals surface area contributed by atoms with Crippen LogP contribution in [0.3, 0.4) is 0 Å². The second-order valence-electron chi connectivity index (χ2n) is 5.61. The fraction of sp³-hybridized carbons (Fsp3) is 0.278. The van der Waals surface area contributed by atoms with Gasteiger partial charge >= 0.3 is 5.69 Å². The first-order chi connectivity index (χ1) is 12.1. The van der Waals surface area contributed by atoms with E-state index in [0.717, 1.165) is 22.2 Å². The second-order valence-corrected chi connectivity index (χ2v) is 6.53. The Kier molecular flexibility index (Phi) is 4.85. The molecule has 1 N–H and O–H groups in total. The number of amides is 1. The standard InChI is InChI=1S/C18H19N3O3S/c1-3-12-7-5-6-8-13(12)19-15(22)11-21-14-9-10-25-16(14)17(23)20(4-2)18(21)24/h5-10H,3-4,11H2,1-2H3,(H,19,22). The summed E-state index contributed by atoms with van der Waals surface area (Å²) < 4.78 is 3.01. The van der Waals surface area contributed by atoms with E-state index in [4.69, 9.17) is 0 Å². The molecular weight excluding hydrogens is 338 g/mol. The third-order valence-electron chi connectivity index (χ3n) is 4.13. The zero-order valence-electron chi connectivity index (χ0n) is 14.1. The van der Waals surface area contributed by atoms with E-state index < -0.39 is 5.69 Å². The van der Waals surface area contributed by atoms with Crippen LogP contribution in [0.2, 0.25) is 0 Å². The van der Waals surface area contributed by atoms with Gasteiger partial charge in [-0.2, -0.15) is 0 Å². The molecule has 0 aliphatic heterocycles. The van der Waals surface area contributed by atoms with Crippen LogP contribution in [0.15, 0.2) is 45.3 Å². The van der Waals surface area contributed by atoms with E-state index in [1.165, 1.54) is 15.9 Å². The van der Waals surface area contributed by atoms with Gasteiger partial charge in [0, 0.05) is 12.2 Å². The van der Waals surface area contributed by atoms with Crippen molar-refractivity contribution in [3.63, 3.8) is 0 Å². The summed E-state index contributed by atoms with van der Waals surface area (Å²) in [5.41, 5.74) is 1.52. The maximum absolute atomic E-state index is 12.6. The largest absolute Gasteiger partial charge is 0.331 e. The van der Waals surface area contributed by atoms with Crippen LogP contribution in [-0.4, -0.2) is 15.0 Å². The zero-order valence-corrected chi connectivity index (χ0v) is 14.9. The molecule has 2 heterocycles. The summed E-state index contributed by atoms with van der Waals surface area (Å²) in [6.07, 6.45) is 0.798. The molecule has 0 fully saturated rings. The molecule has 0 atom stereocenters. The Morgan fingerprint density at radius 1 is 1.12 bits per heavy atom. The Balaban J connectivity index is 1.98. The molecule has 0 bridgehead atoms. The van der Waals surface area contributed by atoms with E-state index in [1.54, 1.807) is 18.4 Å². The molecule has 0 saturated heterocycles. The van der Waals surface area contributed by atoms with Crippen LogP contribution >= 0.6 is 11.3 Å². The smallest absolute Gasteiger partial charge is 0.324 e. The number of benzene rings is 1. The fourth-order valence-electron chi connectivity index (χ4n) is 2.85. The van der Waals surface area contributed by atoms with Gasteiger partial charge in [-0.1, -0.05) is 25.1 Å². The molecule has 0 spiro atoms. The van der Waals surface area contributed by atoms with Crippen molar-refractivity contribution in [2.75, 3.05) is 5.32 Å². The van der Waals surface area contributed by atoms with Crippen LogP contribution in [0, 0.1) is 0 Å². The van der Waals surface area contributed by atoms with Crippen LogP contribution in [0.25, 0.3) is 10.2 Å². The molecule has 2 aromatic heterocycles. The number of carbonyl (C=O) groups excluding carboxylic acids is 1. The molecular formula is C18H19N3O3S. The van der Waals surface area contributed by atoms with Gasteiger partial charge in [0.25, 0.3) is 5.56 Å². The number of hydrogen-bond donors (Lipinski definition) is 1. The number of fused-ring (bicyclic) bond motifs is 1. The lowest BCUT2D eigenvalue weighted by atomic mass is 10.1. The molecule has 6 nitrogen and oxygen atoms in total. The van der Waals surface area contributed by atoms with E-state index >= 15 is 0 Å². The molecule has 1 amide bonds. The molecule has 0 radical (unpaired) electrons. The number of aromatic nitrogens is 2. The molecule has 130 valence electrons. The van der Waals surface area contributed by atoms with Crippen molar-refractivity contribution in [3.8, 4) is 0 Å². The average Bonchev–Trinajstić information content (AvgIpc) is 3.09. The highest BCUT2D eigenvalue weighted by atomic mass is 32.1. The highest BCUT2D eigenvalue weighted by Gasteiger charge is 2.16. The van der Waals surface area contributed by atoms with Gasteiger partial charge in [-0.15, -0.1) is 11.3 Å². The van der Waals surface area contributed by atoms with Crippen molar-refractivity contribution in [1.29, 1.82) is 0 Å². The van der Waals surface area contributed by atoms with Crippen LogP contribution < -0.4 is 16.6 Å². The van der Waals surface area contributed by atoms with Crippen molar-refractivity contribution in [2.45, 2.75) is 33.4 Å². The number of aryl methyl sites for hydroxylation is 1. The van der Waals surface area contributed by atoms with Crippen molar-refractivity contribution < 1.29 is 4.79 Å². The summed E-state index contributed by atoms with van der Waals surface area (Å²) in [5, 5.41) is 4.62. The number of thiophene rings is 1. The van der Waals surface area contributed by atoms with Gasteiger partial charge in [-0.05, 0) is 36.4 Å². The molecule has 0 aliphatic rings. The highest BCUT2D eigenvalue weighted by Crippen LogP contribution is 2.17. The van der Waals surface area contributed by atoms with Crippen molar-refractivity contribution in [2.24, 2.45) is 0 Å². The molecule has 0 saturated carbocycles. The summed E-state index contributed by atoms with van der Waals surface area (Å²) in [4.78, 5) is 37.4. The summed E-state index contributed by atoms with van der Waals surface area (Å²) in [6.45, 7) is 3.89. The Morgan fingerprint density at radius 2 is 1.88 bits per heavy atom. The van der Waals surface area contributed by atoms with Gasteiger partial charge in [0.05, 0.1) is 5.52 Å². The minimum Gasteiger partial charge on any atom is -0.324 e. The first kappa shape index (κ1) is 17.2. The van der Waals surface area contributed by atoms with E-state index in [9.17, 15) is 14.4 Å². The first-order valence-corrected chi connectivity index (χ1v) is 9.03. The minimum atomic E-state index is -0.461. The minimum absolute atomic E-state index is 0.135. The molecule has 3 aromatic rings.